The fraction of sp³-hybridized carbons (Fsp3) is 0.586. The average Bonchev–Trinajstić information content (AvgIpc) is 3.71. The van der Waals surface area contributed by atoms with Gasteiger partial charge in [-0.05, 0) is 69.6 Å². The van der Waals surface area contributed by atoms with Gasteiger partial charge in [-0.15, -0.1) is 24.8 Å². The zero-order valence-electron chi connectivity index (χ0n) is 24.9. The SMILES string of the molecule is COC(=O)c1cccc(S(=O)(=O)N2CCC(N(NC3CCC(N)CC3)c3ncnc4c3ncn4C3CCCC3)CC2)c1.Cl.Cl. The van der Waals surface area contributed by atoms with Gasteiger partial charge in [0.2, 0.25) is 10.0 Å². The highest BCUT2D eigenvalue weighted by molar-refractivity contribution is 7.89. The molecule has 0 bridgehead atoms. The predicted octanol–water partition coefficient (Wildman–Crippen LogP) is 4.01. The van der Waals surface area contributed by atoms with E-state index in [9.17, 15) is 13.2 Å². The average molecular weight is 670 g/mol. The molecule has 0 atom stereocenters. The first-order valence-electron chi connectivity index (χ1n) is 15.0. The van der Waals surface area contributed by atoms with Crippen LogP contribution in [0.25, 0.3) is 11.2 Å². The molecule has 3 fully saturated rings. The van der Waals surface area contributed by atoms with Crippen LogP contribution >= 0.6 is 24.8 Å². The number of carbonyl (C=O) groups is 1. The van der Waals surface area contributed by atoms with Crippen molar-refractivity contribution in [2.75, 3.05) is 25.2 Å². The number of hydrogen-bond acceptors (Lipinski definition) is 10. The van der Waals surface area contributed by atoms with E-state index in [-0.39, 0.29) is 53.4 Å². The van der Waals surface area contributed by atoms with Crippen molar-refractivity contribution in [3.05, 3.63) is 42.5 Å². The normalized spacial score (nSPS) is 21.9. The molecule has 3 aromatic rings. The van der Waals surface area contributed by atoms with E-state index in [0.29, 0.717) is 32.0 Å². The molecule has 242 valence electrons. The van der Waals surface area contributed by atoms with Crippen molar-refractivity contribution in [3.63, 3.8) is 0 Å². The first kappa shape index (κ1) is 34.3. The first-order valence-corrected chi connectivity index (χ1v) is 16.5. The molecule has 0 amide bonds. The summed E-state index contributed by atoms with van der Waals surface area (Å²) in [4.78, 5) is 26.3. The highest BCUT2D eigenvalue weighted by Crippen LogP contribution is 2.34. The van der Waals surface area contributed by atoms with Crippen LogP contribution in [0, 0.1) is 0 Å². The van der Waals surface area contributed by atoms with E-state index in [1.807, 2.05) is 6.33 Å². The number of rotatable bonds is 8. The molecule has 0 unspecified atom stereocenters. The van der Waals surface area contributed by atoms with E-state index >= 15 is 0 Å². The van der Waals surface area contributed by atoms with Crippen LogP contribution in [0.1, 0.15) is 80.6 Å². The molecule has 2 saturated carbocycles. The number of nitrogens with zero attached hydrogens (tertiary/aromatic N) is 6. The van der Waals surface area contributed by atoms with Gasteiger partial charge in [-0.2, -0.15) is 4.31 Å². The molecule has 3 N–H and O–H groups in total. The Bertz CT molecular complexity index is 1520. The van der Waals surface area contributed by atoms with Crippen LogP contribution in [-0.2, 0) is 14.8 Å². The molecule has 1 aliphatic heterocycles. The van der Waals surface area contributed by atoms with E-state index in [4.69, 9.17) is 20.4 Å². The molecule has 6 rings (SSSR count). The molecule has 2 aromatic heterocycles. The number of halogens is 2. The predicted molar refractivity (Wildman–Crippen MR) is 173 cm³/mol. The number of carbonyl (C=O) groups excluding carboxylic acids is 1. The highest BCUT2D eigenvalue weighted by Gasteiger charge is 2.35. The summed E-state index contributed by atoms with van der Waals surface area (Å²) >= 11 is 0. The van der Waals surface area contributed by atoms with Gasteiger partial charge in [-0.25, -0.2) is 33.6 Å². The lowest BCUT2D eigenvalue weighted by molar-refractivity contribution is 0.0600. The number of benzene rings is 1. The van der Waals surface area contributed by atoms with Crippen molar-refractivity contribution in [1.82, 2.24) is 29.3 Å². The number of hydrazine groups is 1. The summed E-state index contributed by atoms with van der Waals surface area (Å²) in [5.74, 6) is 0.168. The van der Waals surface area contributed by atoms with E-state index in [1.54, 1.807) is 18.5 Å². The van der Waals surface area contributed by atoms with Gasteiger partial charge >= 0.3 is 5.97 Å². The van der Waals surface area contributed by atoms with Crippen molar-refractivity contribution in [1.29, 1.82) is 0 Å². The number of aromatic nitrogens is 4. The standard InChI is InChI=1S/C29H40N8O4S.2ClH/c1-41-29(38)20-5-4-8-25(17-20)42(39,40)35-15-13-24(14-16-35)37(34-22-11-9-21(30)10-12-22)28-26-27(31-18-32-28)36(19-33-26)23-6-2-3-7-23;;/h4-5,8,17-19,21-24,34H,2-3,6-7,9-16,30H2,1H3;2*1H. The Morgan fingerprint density at radius 3 is 2.39 bits per heavy atom. The molecule has 0 spiro atoms. The van der Waals surface area contributed by atoms with Crippen LogP contribution in [0.5, 0.6) is 0 Å². The summed E-state index contributed by atoms with van der Waals surface area (Å²) in [5.41, 5.74) is 11.8. The quantitative estimate of drug-likeness (QED) is 0.266. The van der Waals surface area contributed by atoms with Gasteiger partial charge in [0.25, 0.3) is 0 Å². The van der Waals surface area contributed by atoms with Crippen molar-refractivity contribution in [3.8, 4) is 0 Å². The highest BCUT2D eigenvalue weighted by atomic mass is 35.5. The Labute approximate surface area is 271 Å². The fourth-order valence-corrected chi connectivity index (χ4v) is 8.16. The lowest BCUT2D eigenvalue weighted by Gasteiger charge is -2.41. The van der Waals surface area contributed by atoms with Crippen LogP contribution < -0.4 is 16.2 Å². The minimum atomic E-state index is -3.78. The Morgan fingerprint density at radius 1 is 1.00 bits per heavy atom. The maximum Gasteiger partial charge on any atom is 0.337 e. The summed E-state index contributed by atoms with van der Waals surface area (Å²) in [7, 11) is -2.50. The number of nitrogens with one attached hydrogen (secondary N) is 1. The van der Waals surface area contributed by atoms with Crippen LogP contribution in [0.3, 0.4) is 0 Å². The number of hydrogen-bond donors (Lipinski definition) is 2. The van der Waals surface area contributed by atoms with Gasteiger partial charge in [0.05, 0.1) is 23.9 Å². The monoisotopic (exact) mass is 668 g/mol. The van der Waals surface area contributed by atoms with Gasteiger partial charge in [0.15, 0.2) is 17.0 Å². The van der Waals surface area contributed by atoms with E-state index in [0.717, 1.165) is 55.5 Å². The molecule has 2 aliphatic carbocycles. The Kier molecular flexibility index (Phi) is 11.5. The third kappa shape index (κ3) is 6.97. The van der Waals surface area contributed by atoms with Gasteiger partial charge in [-0.1, -0.05) is 18.9 Å². The lowest BCUT2D eigenvalue weighted by atomic mass is 9.92. The molecule has 3 aliphatic rings. The number of ether oxygens (including phenoxy) is 1. The maximum atomic E-state index is 13.5. The van der Waals surface area contributed by atoms with E-state index in [2.05, 4.69) is 20.0 Å². The second-order valence-electron chi connectivity index (χ2n) is 11.7. The molecular weight excluding hydrogens is 627 g/mol. The third-order valence-corrected chi connectivity index (χ3v) is 11.0. The fourth-order valence-electron chi connectivity index (χ4n) is 6.64. The summed E-state index contributed by atoms with van der Waals surface area (Å²) in [6, 6.07) is 6.91. The van der Waals surface area contributed by atoms with E-state index < -0.39 is 16.0 Å². The smallest absolute Gasteiger partial charge is 0.337 e. The summed E-state index contributed by atoms with van der Waals surface area (Å²) in [5, 5.41) is 2.14. The van der Waals surface area contributed by atoms with Crippen LogP contribution in [0.2, 0.25) is 0 Å². The second kappa shape index (κ2) is 14.7. The van der Waals surface area contributed by atoms with E-state index in [1.165, 1.54) is 36.4 Å². The van der Waals surface area contributed by atoms with Crippen LogP contribution in [0.4, 0.5) is 5.82 Å². The molecule has 0 radical (unpaired) electrons. The number of imidazole rings is 1. The van der Waals surface area contributed by atoms with Gasteiger partial charge in [0.1, 0.15) is 6.33 Å². The zero-order chi connectivity index (χ0) is 29.3. The zero-order valence-corrected chi connectivity index (χ0v) is 27.3. The number of methoxy groups -OCH3 is 1. The maximum absolute atomic E-state index is 13.5. The second-order valence-corrected chi connectivity index (χ2v) is 13.7. The van der Waals surface area contributed by atoms with Crippen LogP contribution in [-0.4, -0.2) is 76.5 Å². The van der Waals surface area contributed by atoms with Crippen molar-refractivity contribution >= 4 is 57.8 Å². The molecule has 1 aromatic carbocycles. The van der Waals surface area contributed by atoms with Gasteiger partial charge in [-0.3, -0.25) is 5.01 Å². The molecule has 44 heavy (non-hydrogen) atoms. The van der Waals surface area contributed by atoms with Crippen molar-refractivity contribution in [2.45, 2.75) is 93.3 Å². The summed E-state index contributed by atoms with van der Waals surface area (Å²) in [6.45, 7) is 0.682. The van der Waals surface area contributed by atoms with Gasteiger partial charge in [0, 0.05) is 37.3 Å². The summed E-state index contributed by atoms with van der Waals surface area (Å²) < 4.78 is 35.6. The minimum absolute atomic E-state index is 0. The number of piperidine rings is 1. The number of esters is 1. The molecule has 3 heterocycles. The van der Waals surface area contributed by atoms with Crippen molar-refractivity contribution in [2.24, 2.45) is 5.73 Å². The number of nitrogens with two attached hydrogens (primary N) is 1. The minimum Gasteiger partial charge on any atom is -0.465 e. The van der Waals surface area contributed by atoms with Gasteiger partial charge < -0.3 is 15.0 Å². The number of anilines is 1. The molecule has 15 heteroatoms. The Morgan fingerprint density at radius 2 is 1.70 bits per heavy atom. The number of sulfonamides is 1. The molecule has 12 nitrogen and oxygen atoms in total. The lowest BCUT2D eigenvalue weighted by Crippen LogP contribution is -2.56. The Balaban J connectivity index is 0.00000221. The first-order chi connectivity index (χ1) is 20.3. The topological polar surface area (TPSA) is 149 Å². The molecule has 1 saturated heterocycles. The molecular formula is C29H42Cl2N8O4S. The largest absolute Gasteiger partial charge is 0.465 e. The Hall–Kier alpha value is -2.55. The van der Waals surface area contributed by atoms with Crippen molar-refractivity contribution < 1.29 is 17.9 Å². The number of fused-ring (bicyclic) bond motifs is 1. The summed E-state index contributed by atoms with van der Waals surface area (Å²) in [6.07, 6.45) is 13.3. The third-order valence-electron chi connectivity index (χ3n) is 9.06. The van der Waals surface area contributed by atoms with Crippen LogP contribution in [0.15, 0.2) is 41.8 Å².